The lowest BCUT2D eigenvalue weighted by molar-refractivity contribution is 0.359. The Bertz CT molecular complexity index is 645. The molecule has 0 amide bonds. The van der Waals surface area contributed by atoms with Crippen molar-refractivity contribution < 1.29 is 5.11 Å². The van der Waals surface area contributed by atoms with Crippen molar-refractivity contribution in [2.24, 2.45) is 0 Å². The normalized spacial score (nSPS) is 19.7. The Balaban J connectivity index is 1.95. The van der Waals surface area contributed by atoms with Gasteiger partial charge in [-0.15, -0.1) is 0 Å². The third kappa shape index (κ3) is 2.46. The summed E-state index contributed by atoms with van der Waals surface area (Å²) in [7, 11) is 0. The second-order valence-electron chi connectivity index (χ2n) is 5.05. The fourth-order valence-electron chi connectivity index (χ4n) is 2.59. The van der Waals surface area contributed by atoms with Crippen molar-refractivity contribution in [2.45, 2.75) is 31.8 Å². The van der Waals surface area contributed by atoms with E-state index in [-0.39, 0.29) is 11.3 Å². The number of fused-ring (bicyclic) bond motifs is 1. The molecule has 0 aliphatic carbocycles. The van der Waals surface area contributed by atoms with Gasteiger partial charge in [0.25, 0.3) is 5.56 Å². The van der Waals surface area contributed by atoms with Crippen LogP contribution in [0.1, 0.15) is 19.3 Å². The molecule has 1 atom stereocenters. The predicted molar refractivity (Wildman–Crippen MR) is 73.3 cm³/mol. The van der Waals surface area contributed by atoms with Gasteiger partial charge in [-0.25, -0.2) is 4.98 Å². The maximum atomic E-state index is 12.3. The Labute approximate surface area is 110 Å². The highest BCUT2D eigenvalue weighted by molar-refractivity contribution is 5.78. The maximum absolute atomic E-state index is 12.3. The lowest BCUT2D eigenvalue weighted by Crippen LogP contribution is -2.39. The summed E-state index contributed by atoms with van der Waals surface area (Å²) in [6.45, 7) is 1.65. The van der Waals surface area contributed by atoms with Gasteiger partial charge in [0, 0.05) is 12.6 Å². The second kappa shape index (κ2) is 5.01. The molecule has 2 heterocycles. The third-order valence-electron chi connectivity index (χ3n) is 3.64. The van der Waals surface area contributed by atoms with Gasteiger partial charge in [0.2, 0.25) is 0 Å². The van der Waals surface area contributed by atoms with Gasteiger partial charge in [-0.1, -0.05) is 6.42 Å². The zero-order valence-electron chi connectivity index (χ0n) is 10.7. The lowest BCUT2D eigenvalue weighted by atomic mass is 10.1. The SMILES string of the molecule is O=c1c2cc(O)ccc2ncn1CC1CCCCN1. The highest BCUT2D eigenvalue weighted by atomic mass is 16.3. The van der Waals surface area contributed by atoms with Crippen LogP contribution < -0.4 is 10.9 Å². The molecule has 1 saturated heterocycles. The molecule has 1 fully saturated rings. The van der Waals surface area contributed by atoms with Crippen molar-refractivity contribution in [3.05, 3.63) is 34.9 Å². The molecule has 0 spiro atoms. The number of hydrogen-bond acceptors (Lipinski definition) is 4. The van der Waals surface area contributed by atoms with E-state index in [1.807, 2.05) is 0 Å². The van der Waals surface area contributed by atoms with Gasteiger partial charge in [0.05, 0.1) is 17.2 Å². The van der Waals surface area contributed by atoms with E-state index < -0.39 is 0 Å². The summed E-state index contributed by atoms with van der Waals surface area (Å²) >= 11 is 0. The van der Waals surface area contributed by atoms with Gasteiger partial charge in [-0.05, 0) is 37.6 Å². The topological polar surface area (TPSA) is 67.1 Å². The first-order valence-electron chi connectivity index (χ1n) is 6.65. The second-order valence-corrected chi connectivity index (χ2v) is 5.05. The van der Waals surface area contributed by atoms with Crippen LogP contribution in [0.25, 0.3) is 10.9 Å². The van der Waals surface area contributed by atoms with Crippen molar-refractivity contribution in [1.82, 2.24) is 14.9 Å². The molecule has 100 valence electrons. The van der Waals surface area contributed by atoms with E-state index in [2.05, 4.69) is 10.3 Å². The monoisotopic (exact) mass is 259 g/mol. The number of phenols is 1. The minimum Gasteiger partial charge on any atom is -0.508 e. The van der Waals surface area contributed by atoms with Crippen molar-refractivity contribution in [2.75, 3.05) is 6.54 Å². The fraction of sp³-hybridized carbons (Fsp3) is 0.429. The fourth-order valence-corrected chi connectivity index (χ4v) is 2.59. The number of nitrogens with one attached hydrogen (secondary N) is 1. The first-order valence-corrected chi connectivity index (χ1v) is 6.65. The molecule has 1 aliphatic heterocycles. The summed E-state index contributed by atoms with van der Waals surface area (Å²) in [6, 6.07) is 5.02. The van der Waals surface area contributed by atoms with E-state index in [4.69, 9.17) is 0 Å². The van der Waals surface area contributed by atoms with Crippen molar-refractivity contribution in [3.63, 3.8) is 0 Å². The summed E-state index contributed by atoms with van der Waals surface area (Å²) in [6.07, 6.45) is 5.09. The molecule has 1 aromatic carbocycles. The van der Waals surface area contributed by atoms with E-state index >= 15 is 0 Å². The molecular formula is C14H17N3O2. The van der Waals surface area contributed by atoms with Crippen LogP contribution in [0.2, 0.25) is 0 Å². The summed E-state index contributed by atoms with van der Waals surface area (Å²) in [5.74, 6) is 0.0972. The first kappa shape index (κ1) is 12.2. The molecule has 2 aromatic rings. The summed E-state index contributed by atoms with van der Waals surface area (Å²) < 4.78 is 1.63. The molecule has 5 heteroatoms. The van der Waals surface area contributed by atoms with Crippen LogP contribution in [0, 0.1) is 0 Å². The molecule has 5 nitrogen and oxygen atoms in total. The summed E-state index contributed by atoms with van der Waals surface area (Å²) in [4.78, 5) is 16.6. The number of aromatic hydroxyl groups is 1. The number of rotatable bonds is 2. The van der Waals surface area contributed by atoms with Gasteiger partial charge in [-0.2, -0.15) is 0 Å². The van der Waals surface area contributed by atoms with Crippen LogP contribution in [0.3, 0.4) is 0 Å². The van der Waals surface area contributed by atoms with Crippen LogP contribution in [-0.4, -0.2) is 27.2 Å². The number of nitrogens with zero attached hydrogens (tertiary/aromatic N) is 2. The van der Waals surface area contributed by atoms with E-state index in [9.17, 15) is 9.90 Å². The van der Waals surface area contributed by atoms with Crippen LogP contribution >= 0.6 is 0 Å². The van der Waals surface area contributed by atoms with Crippen molar-refractivity contribution >= 4 is 10.9 Å². The molecular weight excluding hydrogens is 242 g/mol. The third-order valence-corrected chi connectivity index (χ3v) is 3.64. The molecule has 0 saturated carbocycles. The quantitative estimate of drug-likeness (QED) is 0.851. The average Bonchev–Trinajstić information content (AvgIpc) is 2.44. The van der Waals surface area contributed by atoms with E-state index in [0.717, 1.165) is 13.0 Å². The molecule has 1 aromatic heterocycles. The largest absolute Gasteiger partial charge is 0.508 e. The van der Waals surface area contributed by atoms with Crippen LogP contribution in [0.15, 0.2) is 29.3 Å². The minimum atomic E-state index is -0.0896. The zero-order valence-corrected chi connectivity index (χ0v) is 10.7. The Hall–Kier alpha value is -1.88. The minimum absolute atomic E-state index is 0.0896. The zero-order chi connectivity index (χ0) is 13.2. The van der Waals surface area contributed by atoms with E-state index in [1.54, 1.807) is 23.0 Å². The van der Waals surface area contributed by atoms with E-state index in [0.29, 0.717) is 23.5 Å². The Morgan fingerprint density at radius 2 is 2.32 bits per heavy atom. The Morgan fingerprint density at radius 3 is 3.11 bits per heavy atom. The highest BCUT2D eigenvalue weighted by Crippen LogP contribution is 2.15. The highest BCUT2D eigenvalue weighted by Gasteiger charge is 2.14. The molecule has 2 N–H and O–H groups in total. The molecule has 1 aliphatic rings. The predicted octanol–water partition coefficient (Wildman–Crippen LogP) is 1.24. The number of benzene rings is 1. The lowest BCUT2D eigenvalue weighted by Gasteiger charge is -2.23. The summed E-state index contributed by atoms with van der Waals surface area (Å²) in [5, 5.41) is 13.4. The first-order chi connectivity index (χ1) is 9.24. The van der Waals surface area contributed by atoms with Gasteiger partial charge in [0.1, 0.15) is 5.75 Å². The standard InChI is InChI=1S/C14H17N3O2/c18-11-4-5-13-12(7-11)14(19)17(9-16-13)8-10-3-1-2-6-15-10/h4-5,7,9-10,15,18H,1-3,6,8H2. The maximum Gasteiger partial charge on any atom is 0.261 e. The van der Waals surface area contributed by atoms with Crippen molar-refractivity contribution in [3.8, 4) is 5.75 Å². The van der Waals surface area contributed by atoms with Crippen LogP contribution in [-0.2, 0) is 6.54 Å². The number of hydrogen-bond donors (Lipinski definition) is 2. The van der Waals surface area contributed by atoms with E-state index in [1.165, 1.54) is 18.9 Å². The van der Waals surface area contributed by atoms with Gasteiger partial charge in [0.15, 0.2) is 0 Å². The molecule has 0 radical (unpaired) electrons. The molecule has 3 rings (SSSR count). The Kier molecular flexibility index (Phi) is 3.21. The number of aromatic nitrogens is 2. The number of phenolic OH excluding ortho intramolecular Hbond substituents is 1. The van der Waals surface area contributed by atoms with Crippen LogP contribution in [0.5, 0.6) is 5.75 Å². The van der Waals surface area contributed by atoms with Gasteiger partial charge >= 0.3 is 0 Å². The number of piperidine rings is 1. The van der Waals surface area contributed by atoms with Crippen molar-refractivity contribution in [1.29, 1.82) is 0 Å². The van der Waals surface area contributed by atoms with Gasteiger partial charge in [-0.3, -0.25) is 9.36 Å². The molecule has 1 unspecified atom stereocenters. The van der Waals surface area contributed by atoms with Crippen LogP contribution in [0.4, 0.5) is 0 Å². The Morgan fingerprint density at radius 1 is 1.42 bits per heavy atom. The average molecular weight is 259 g/mol. The molecule has 19 heavy (non-hydrogen) atoms. The van der Waals surface area contributed by atoms with Gasteiger partial charge < -0.3 is 10.4 Å². The summed E-state index contributed by atoms with van der Waals surface area (Å²) in [5.41, 5.74) is 0.531. The molecule has 0 bridgehead atoms. The smallest absolute Gasteiger partial charge is 0.261 e.